The van der Waals surface area contributed by atoms with Crippen LogP contribution in [0.25, 0.3) is 0 Å². The molecule has 6 nitrogen and oxygen atoms in total. The van der Waals surface area contributed by atoms with Crippen LogP contribution in [0.2, 0.25) is 0 Å². The molecule has 7 heteroatoms. The van der Waals surface area contributed by atoms with Gasteiger partial charge in [0, 0.05) is 61.6 Å². The van der Waals surface area contributed by atoms with Gasteiger partial charge >= 0.3 is 0 Å². The SMILES string of the molecule is O=c1cccc2n1C[C@H]1C[C@@H]2CN(C[C@H](O)C=Nc2nccs2)C1. The summed E-state index contributed by atoms with van der Waals surface area (Å²) in [6, 6.07) is 5.55. The Labute approximate surface area is 144 Å². The third-order valence-electron chi connectivity index (χ3n) is 4.78. The number of aliphatic imine (C=N–C) groups is 1. The number of likely N-dealkylation sites (tertiary alicyclic amines) is 1. The first-order valence-electron chi connectivity index (χ1n) is 8.23. The largest absolute Gasteiger partial charge is 0.386 e. The van der Waals surface area contributed by atoms with Crippen molar-refractivity contribution < 1.29 is 5.11 Å². The normalized spacial score (nSPS) is 24.9. The van der Waals surface area contributed by atoms with E-state index in [1.807, 2.05) is 16.0 Å². The molecule has 1 saturated heterocycles. The molecule has 3 atom stereocenters. The molecular weight excluding hydrogens is 324 g/mol. The smallest absolute Gasteiger partial charge is 0.250 e. The number of thiazole rings is 1. The quantitative estimate of drug-likeness (QED) is 0.853. The molecule has 126 valence electrons. The van der Waals surface area contributed by atoms with Gasteiger partial charge in [0.1, 0.15) is 6.10 Å². The van der Waals surface area contributed by atoms with E-state index in [1.165, 1.54) is 11.3 Å². The first kappa shape index (κ1) is 15.7. The summed E-state index contributed by atoms with van der Waals surface area (Å²) >= 11 is 1.45. The Hall–Kier alpha value is -1.83. The third kappa shape index (κ3) is 3.19. The number of β-amino-alcohol motifs (C(OH)–C–C–N with tert-alkyl or cyclic N) is 1. The van der Waals surface area contributed by atoms with Crippen LogP contribution in [0.1, 0.15) is 18.0 Å². The fourth-order valence-corrected chi connectivity index (χ4v) is 4.37. The number of aliphatic hydroxyl groups excluding tert-OH is 1. The van der Waals surface area contributed by atoms with Gasteiger partial charge in [0.05, 0.1) is 0 Å². The summed E-state index contributed by atoms with van der Waals surface area (Å²) in [5.74, 6) is 0.842. The first-order chi connectivity index (χ1) is 11.7. The molecule has 0 spiro atoms. The van der Waals surface area contributed by atoms with E-state index in [9.17, 15) is 9.90 Å². The van der Waals surface area contributed by atoms with Gasteiger partial charge in [-0.25, -0.2) is 9.98 Å². The van der Waals surface area contributed by atoms with Gasteiger partial charge in [-0.15, -0.1) is 11.3 Å². The summed E-state index contributed by atoms with van der Waals surface area (Å²) < 4.78 is 1.93. The van der Waals surface area contributed by atoms with Crippen LogP contribution in [-0.2, 0) is 6.54 Å². The summed E-state index contributed by atoms with van der Waals surface area (Å²) in [6.07, 6.45) is 3.80. The van der Waals surface area contributed by atoms with Gasteiger partial charge in [0.25, 0.3) is 5.56 Å². The van der Waals surface area contributed by atoms with Gasteiger partial charge in [0.15, 0.2) is 0 Å². The predicted octanol–water partition coefficient (Wildman–Crippen LogP) is 1.49. The van der Waals surface area contributed by atoms with Crippen molar-refractivity contribution in [1.82, 2.24) is 14.5 Å². The van der Waals surface area contributed by atoms with E-state index in [1.54, 1.807) is 18.5 Å². The Bertz CT molecular complexity index is 786. The zero-order chi connectivity index (χ0) is 16.5. The lowest BCUT2D eigenvalue weighted by atomic mass is 9.83. The zero-order valence-corrected chi connectivity index (χ0v) is 14.1. The lowest BCUT2D eigenvalue weighted by Crippen LogP contribution is -2.49. The fraction of sp³-hybridized carbons (Fsp3) is 0.471. The van der Waals surface area contributed by atoms with E-state index >= 15 is 0 Å². The molecule has 0 aliphatic carbocycles. The second-order valence-corrected chi connectivity index (χ2v) is 7.45. The minimum Gasteiger partial charge on any atom is -0.386 e. The Morgan fingerprint density at radius 2 is 2.33 bits per heavy atom. The van der Waals surface area contributed by atoms with Crippen molar-refractivity contribution in [3.05, 3.63) is 45.8 Å². The molecular formula is C17H20N4O2S. The highest BCUT2D eigenvalue weighted by Crippen LogP contribution is 2.34. The molecule has 0 saturated carbocycles. The van der Waals surface area contributed by atoms with Crippen LogP contribution < -0.4 is 5.56 Å². The van der Waals surface area contributed by atoms with E-state index in [-0.39, 0.29) is 5.56 Å². The number of piperidine rings is 1. The topological polar surface area (TPSA) is 70.7 Å². The predicted molar refractivity (Wildman–Crippen MR) is 94.3 cm³/mol. The number of rotatable bonds is 4. The molecule has 2 aliphatic rings. The van der Waals surface area contributed by atoms with E-state index in [0.29, 0.717) is 23.5 Å². The Morgan fingerprint density at radius 3 is 3.17 bits per heavy atom. The van der Waals surface area contributed by atoms with Gasteiger partial charge in [0.2, 0.25) is 5.13 Å². The fourth-order valence-electron chi connectivity index (χ4n) is 3.89. The van der Waals surface area contributed by atoms with E-state index < -0.39 is 6.10 Å². The summed E-state index contributed by atoms with van der Waals surface area (Å²) in [6.45, 7) is 3.14. The maximum Gasteiger partial charge on any atom is 0.250 e. The third-order valence-corrected chi connectivity index (χ3v) is 5.46. The Balaban J connectivity index is 1.43. The monoisotopic (exact) mass is 344 g/mol. The van der Waals surface area contributed by atoms with Crippen molar-refractivity contribution in [3.63, 3.8) is 0 Å². The van der Waals surface area contributed by atoms with E-state index in [0.717, 1.165) is 31.7 Å². The van der Waals surface area contributed by atoms with Gasteiger partial charge in [-0.2, -0.15) is 0 Å². The highest BCUT2D eigenvalue weighted by Gasteiger charge is 2.34. The van der Waals surface area contributed by atoms with Gasteiger partial charge in [-0.3, -0.25) is 9.69 Å². The van der Waals surface area contributed by atoms with Crippen LogP contribution in [0.5, 0.6) is 0 Å². The molecule has 0 unspecified atom stereocenters. The molecule has 4 rings (SSSR count). The highest BCUT2D eigenvalue weighted by molar-refractivity contribution is 7.13. The molecule has 1 fully saturated rings. The molecule has 0 amide bonds. The highest BCUT2D eigenvalue weighted by atomic mass is 32.1. The second-order valence-electron chi connectivity index (χ2n) is 6.58. The van der Waals surface area contributed by atoms with Gasteiger partial charge < -0.3 is 9.67 Å². The van der Waals surface area contributed by atoms with Crippen LogP contribution >= 0.6 is 11.3 Å². The number of hydrogen-bond acceptors (Lipinski definition) is 6. The zero-order valence-electron chi connectivity index (χ0n) is 13.3. The summed E-state index contributed by atoms with van der Waals surface area (Å²) in [5.41, 5.74) is 1.24. The molecule has 4 heterocycles. The molecule has 2 aromatic heterocycles. The van der Waals surface area contributed by atoms with Gasteiger partial charge in [-0.1, -0.05) is 6.07 Å². The lowest BCUT2D eigenvalue weighted by Gasteiger charge is -2.43. The molecule has 2 aliphatic heterocycles. The van der Waals surface area contributed by atoms with Crippen molar-refractivity contribution in [3.8, 4) is 0 Å². The maximum absolute atomic E-state index is 12.0. The van der Waals surface area contributed by atoms with Crippen LogP contribution in [0, 0.1) is 5.92 Å². The standard InChI is InChI=1S/C17H20N4O2S/c22-14(7-19-17-18-4-5-24-17)11-20-8-12-6-13(10-20)15-2-1-3-16(23)21(15)9-12/h1-5,7,12-14,22H,6,8-11H2/t12-,13+,14+/m0/s1. The van der Waals surface area contributed by atoms with Crippen molar-refractivity contribution in [1.29, 1.82) is 0 Å². The van der Waals surface area contributed by atoms with Gasteiger partial charge in [-0.05, 0) is 18.4 Å². The molecule has 0 aromatic carbocycles. The minimum atomic E-state index is -0.606. The Kier molecular flexibility index (Phi) is 4.30. The number of fused-ring (bicyclic) bond motifs is 4. The van der Waals surface area contributed by atoms with Crippen LogP contribution in [0.15, 0.2) is 39.6 Å². The number of aliphatic hydroxyl groups is 1. The van der Waals surface area contributed by atoms with Crippen LogP contribution in [-0.4, -0.2) is 51.5 Å². The lowest BCUT2D eigenvalue weighted by molar-refractivity contribution is 0.0868. The van der Waals surface area contributed by atoms with E-state index in [2.05, 4.69) is 20.9 Å². The number of aromatic nitrogens is 2. The van der Waals surface area contributed by atoms with Crippen molar-refractivity contribution in [2.24, 2.45) is 10.9 Å². The van der Waals surface area contributed by atoms with Crippen molar-refractivity contribution >= 4 is 22.7 Å². The van der Waals surface area contributed by atoms with Crippen LogP contribution in [0.4, 0.5) is 5.13 Å². The first-order valence-corrected chi connectivity index (χ1v) is 9.11. The summed E-state index contributed by atoms with van der Waals surface area (Å²) in [4.78, 5) is 22.6. The summed E-state index contributed by atoms with van der Waals surface area (Å²) in [5, 5.41) is 12.8. The van der Waals surface area contributed by atoms with E-state index in [4.69, 9.17) is 0 Å². The number of pyridine rings is 1. The molecule has 0 radical (unpaired) electrons. The van der Waals surface area contributed by atoms with Crippen LogP contribution in [0.3, 0.4) is 0 Å². The van der Waals surface area contributed by atoms with Crippen molar-refractivity contribution in [2.45, 2.75) is 25.0 Å². The average molecular weight is 344 g/mol. The molecule has 2 bridgehead atoms. The summed E-state index contributed by atoms with van der Waals surface area (Å²) in [7, 11) is 0. The average Bonchev–Trinajstić information content (AvgIpc) is 3.07. The Morgan fingerprint density at radius 1 is 1.42 bits per heavy atom. The molecule has 1 N–H and O–H groups in total. The maximum atomic E-state index is 12.0. The number of hydrogen-bond donors (Lipinski definition) is 1. The van der Waals surface area contributed by atoms with Crippen molar-refractivity contribution in [2.75, 3.05) is 19.6 Å². The minimum absolute atomic E-state index is 0.103. The molecule has 2 aromatic rings. The number of nitrogens with zero attached hydrogens (tertiary/aromatic N) is 4. The second kappa shape index (κ2) is 6.58. The molecule has 24 heavy (non-hydrogen) atoms.